The molecule has 2 aromatic heterocycles. The van der Waals surface area contributed by atoms with Gasteiger partial charge in [0.2, 0.25) is 5.91 Å². The lowest BCUT2D eigenvalue weighted by atomic mass is 10.2. The number of rotatable bonds is 9. The minimum Gasteiger partial charge on any atom is -0.497 e. The maximum Gasteiger partial charge on any atom is 0.233 e. The van der Waals surface area contributed by atoms with Crippen molar-refractivity contribution in [2.24, 2.45) is 0 Å². The summed E-state index contributed by atoms with van der Waals surface area (Å²) in [5.41, 5.74) is 0.920. The highest BCUT2D eigenvalue weighted by atomic mass is 32.2. The SMILES string of the molecule is C=CCn1c(SCC(=O)N(C)Cc2ccco2)nnc1-c1ccc(OC)cc1. The number of thioether (sulfide) groups is 1. The first-order valence-corrected chi connectivity index (χ1v) is 9.68. The van der Waals surface area contributed by atoms with Gasteiger partial charge in [0.25, 0.3) is 0 Å². The number of nitrogens with zero attached hydrogens (tertiary/aromatic N) is 4. The first kappa shape index (κ1) is 19.8. The summed E-state index contributed by atoms with van der Waals surface area (Å²) in [6.45, 7) is 4.79. The van der Waals surface area contributed by atoms with Crippen molar-refractivity contribution in [2.75, 3.05) is 19.9 Å². The minimum atomic E-state index is -0.0134. The Bertz CT molecular complexity index is 920. The topological polar surface area (TPSA) is 73.4 Å². The van der Waals surface area contributed by atoms with Gasteiger partial charge in [-0.3, -0.25) is 9.36 Å². The van der Waals surface area contributed by atoms with Gasteiger partial charge in [-0.2, -0.15) is 0 Å². The molecule has 2 heterocycles. The van der Waals surface area contributed by atoms with Crippen LogP contribution in [0.5, 0.6) is 5.75 Å². The molecule has 8 heteroatoms. The first-order chi connectivity index (χ1) is 13.6. The van der Waals surface area contributed by atoms with Crippen LogP contribution >= 0.6 is 11.8 Å². The molecule has 146 valence electrons. The Balaban J connectivity index is 1.70. The molecule has 1 amide bonds. The van der Waals surface area contributed by atoms with E-state index in [-0.39, 0.29) is 11.7 Å². The molecule has 0 bridgehead atoms. The van der Waals surface area contributed by atoms with Crippen LogP contribution in [0, 0.1) is 0 Å². The molecule has 3 aromatic rings. The molecule has 0 aliphatic carbocycles. The van der Waals surface area contributed by atoms with Crippen LogP contribution in [0.15, 0.2) is 64.9 Å². The number of hydrogen-bond donors (Lipinski definition) is 0. The van der Waals surface area contributed by atoms with E-state index in [2.05, 4.69) is 16.8 Å². The highest BCUT2D eigenvalue weighted by Gasteiger charge is 2.17. The quantitative estimate of drug-likeness (QED) is 0.406. The smallest absolute Gasteiger partial charge is 0.233 e. The summed E-state index contributed by atoms with van der Waals surface area (Å²) in [6.07, 6.45) is 3.38. The van der Waals surface area contributed by atoms with Crippen LogP contribution in [0.1, 0.15) is 5.76 Å². The third kappa shape index (κ3) is 4.64. The zero-order valence-corrected chi connectivity index (χ0v) is 16.7. The molecular formula is C20H22N4O3S. The second-order valence-corrected chi connectivity index (χ2v) is 6.99. The fraction of sp³-hybridized carbons (Fsp3) is 0.250. The van der Waals surface area contributed by atoms with Gasteiger partial charge in [-0.25, -0.2) is 0 Å². The average Bonchev–Trinajstić information content (AvgIpc) is 3.36. The van der Waals surface area contributed by atoms with E-state index in [1.807, 2.05) is 34.9 Å². The molecule has 0 saturated heterocycles. The highest BCUT2D eigenvalue weighted by Crippen LogP contribution is 2.26. The summed E-state index contributed by atoms with van der Waals surface area (Å²) in [4.78, 5) is 14.1. The van der Waals surface area contributed by atoms with Crippen LogP contribution in [-0.2, 0) is 17.9 Å². The lowest BCUT2D eigenvalue weighted by molar-refractivity contribution is -0.127. The number of allylic oxidation sites excluding steroid dienone is 1. The predicted molar refractivity (Wildman–Crippen MR) is 108 cm³/mol. The van der Waals surface area contributed by atoms with Crippen molar-refractivity contribution in [3.63, 3.8) is 0 Å². The third-order valence-electron chi connectivity index (χ3n) is 4.10. The molecule has 0 spiro atoms. The highest BCUT2D eigenvalue weighted by molar-refractivity contribution is 7.99. The second-order valence-electron chi connectivity index (χ2n) is 6.05. The van der Waals surface area contributed by atoms with Crippen molar-refractivity contribution in [1.29, 1.82) is 0 Å². The lowest BCUT2D eigenvalue weighted by Gasteiger charge is -2.15. The molecule has 0 radical (unpaired) electrons. The van der Waals surface area contributed by atoms with E-state index >= 15 is 0 Å². The van der Waals surface area contributed by atoms with E-state index in [9.17, 15) is 4.79 Å². The van der Waals surface area contributed by atoms with E-state index in [1.54, 1.807) is 37.5 Å². The van der Waals surface area contributed by atoms with E-state index in [1.165, 1.54) is 11.8 Å². The Hall–Kier alpha value is -3.00. The summed E-state index contributed by atoms with van der Waals surface area (Å²) >= 11 is 1.35. The molecule has 0 aliphatic rings. The van der Waals surface area contributed by atoms with E-state index < -0.39 is 0 Å². The van der Waals surface area contributed by atoms with Crippen LogP contribution < -0.4 is 4.74 Å². The molecule has 28 heavy (non-hydrogen) atoms. The van der Waals surface area contributed by atoms with Crippen LogP contribution in [0.4, 0.5) is 0 Å². The van der Waals surface area contributed by atoms with Crippen molar-refractivity contribution in [2.45, 2.75) is 18.2 Å². The molecule has 0 aliphatic heterocycles. The third-order valence-corrected chi connectivity index (χ3v) is 5.05. The molecular weight excluding hydrogens is 376 g/mol. The zero-order valence-electron chi connectivity index (χ0n) is 15.9. The number of aromatic nitrogens is 3. The number of carbonyl (C=O) groups is 1. The number of carbonyl (C=O) groups excluding carboxylic acids is 1. The zero-order chi connectivity index (χ0) is 19.9. The first-order valence-electron chi connectivity index (χ1n) is 8.70. The Morgan fingerprint density at radius 3 is 2.75 bits per heavy atom. The van der Waals surface area contributed by atoms with Crippen molar-refractivity contribution in [3.05, 3.63) is 61.1 Å². The van der Waals surface area contributed by atoms with Crippen LogP contribution in [0.3, 0.4) is 0 Å². The Kier molecular flexibility index (Phi) is 6.54. The van der Waals surface area contributed by atoms with Gasteiger partial charge in [0.05, 0.1) is 25.7 Å². The number of hydrogen-bond acceptors (Lipinski definition) is 6. The average molecular weight is 398 g/mol. The van der Waals surface area contributed by atoms with Gasteiger partial charge in [-0.1, -0.05) is 17.8 Å². The maximum atomic E-state index is 12.4. The lowest BCUT2D eigenvalue weighted by Crippen LogP contribution is -2.27. The number of amides is 1. The number of benzene rings is 1. The molecule has 0 fully saturated rings. The largest absolute Gasteiger partial charge is 0.497 e. The van der Waals surface area contributed by atoms with E-state index in [4.69, 9.17) is 9.15 Å². The Labute approximate surface area is 168 Å². The summed E-state index contributed by atoms with van der Waals surface area (Å²) in [5, 5.41) is 9.25. The summed E-state index contributed by atoms with van der Waals surface area (Å²) in [5.74, 6) is 2.49. The van der Waals surface area contributed by atoms with Gasteiger partial charge in [0.1, 0.15) is 11.5 Å². The minimum absolute atomic E-state index is 0.0134. The number of ether oxygens (including phenoxy) is 1. The molecule has 3 rings (SSSR count). The summed E-state index contributed by atoms with van der Waals surface area (Å²) in [6, 6.07) is 11.3. The monoisotopic (exact) mass is 398 g/mol. The molecule has 0 atom stereocenters. The van der Waals surface area contributed by atoms with Crippen molar-refractivity contribution in [3.8, 4) is 17.1 Å². The fourth-order valence-corrected chi connectivity index (χ4v) is 3.49. The van der Waals surface area contributed by atoms with Gasteiger partial charge in [-0.15, -0.1) is 16.8 Å². The second kappa shape index (κ2) is 9.27. The molecule has 0 N–H and O–H groups in total. The van der Waals surface area contributed by atoms with Crippen molar-refractivity contribution < 1.29 is 13.9 Å². The standard InChI is InChI=1S/C20H22N4O3S/c1-4-11-24-19(15-7-9-16(26-3)10-8-15)21-22-20(24)28-14-18(25)23(2)13-17-6-5-12-27-17/h4-10,12H,1,11,13-14H2,2-3H3. The van der Waals surface area contributed by atoms with Crippen LogP contribution in [-0.4, -0.2) is 45.5 Å². The maximum absolute atomic E-state index is 12.4. The number of furan rings is 1. The van der Waals surface area contributed by atoms with Gasteiger partial charge in [0, 0.05) is 19.2 Å². The van der Waals surface area contributed by atoms with Gasteiger partial charge >= 0.3 is 0 Å². The van der Waals surface area contributed by atoms with Crippen LogP contribution in [0.2, 0.25) is 0 Å². The number of methoxy groups -OCH3 is 1. The summed E-state index contributed by atoms with van der Waals surface area (Å²) < 4.78 is 12.4. The van der Waals surface area contributed by atoms with Gasteiger partial charge in [-0.05, 0) is 36.4 Å². The molecule has 1 aromatic carbocycles. The van der Waals surface area contributed by atoms with Crippen molar-refractivity contribution >= 4 is 17.7 Å². The molecule has 7 nitrogen and oxygen atoms in total. The Morgan fingerprint density at radius 2 is 2.11 bits per heavy atom. The predicted octanol–water partition coefficient (Wildman–Crippen LogP) is 3.48. The van der Waals surface area contributed by atoms with Gasteiger partial charge in [0.15, 0.2) is 11.0 Å². The van der Waals surface area contributed by atoms with E-state index in [0.29, 0.717) is 18.2 Å². The van der Waals surface area contributed by atoms with Crippen molar-refractivity contribution in [1.82, 2.24) is 19.7 Å². The van der Waals surface area contributed by atoms with Crippen LogP contribution in [0.25, 0.3) is 11.4 Å². The molecule has 0 unspecified atom stereocenters. The molecule has 0 saturated carbocycles. The van der Waals surface area contributed by atoms with E-state index in [0.717, 1.165) is 22.9 Å². The summed E-state index contributed by atoms with van der Waals surface area (Å²) in [7, 11) is 3.38. The van der Waals surface area contributed by atoms with Gasteiger partial charge < -0.3 is 14.1 Å². The fourth-order valence-electron chi connectivity index (χ4n) is 2.60. The normalized spacial score (nSPS) is 10.6. The Morgan fingerprint density at radius 1 is 1.32 bits per heavy atom.